The van der Waals surface area contributed by atoms with Crippen molar-refractivity contribution in [2.24, 2.45) is 0 Å². The van der Waals surface area contributed by atoms with Crippen LogP contribution in [-0.4, -0.2) is 71.8 Å². The Balaban J connectivity index is 1.47. The Morgan fingerprint density at radius 2 is 1.79 bits per heavy atom. The van der Waals surface area contributed by atoms with Crippen molar-refractivity contribution in [2.75, 3.05) is 56.2 Å². The monoisotopic (exact) mass is 550 g/mol. The highest BCUT2D eigenvalue weighted by Crippen LogP contribution is 2.35. The van der Waals surface area contributed by atoms with Crippen LogP contribution in [0.5, 0.6) is 0 Å². The molecule has 3 aromatic rings. The Morgan fingerprint density at radius 3 is 2.64 bits per heavy atom. The second kappa shape index (κ2) is 11.7. The van der Waals surface area contributed by atoms with E-state index in [1.54, 1.807) is 7.11 Å². The minimum atomic E-state index is -0.0829. The molecule has 0 saturated carbocycles. The van der Waals surface area contributed by atoms with Gasteiger partial charge >= 0.3 is 0 Å². The van der Waals surface area contributed by atoms with Crippen LogP contribution < -0.4 is 9.80 Å². The van der Waals surface area contributed by atoms with Crippen molar-refractivity contribution in [1.29, 1.82) is 0 Å². The standard InChI is InChI=1S/C30H39ClN6O2/c1-39-18-17-35-15-5-2-3-9-22-11-12-23(31)19-24(22)30(38)36-16-6-4-10-26(36)25-20-28-32-27(34-13-7-8-14-34)21-29(35)37(28)33-25/h11-12,19-21,26H,2-10,13-18H2,1H3. The summed E-state index contributed by atoms with van der Waals surface area (Å²) >= 11 is 6.41. The van der Waals surface area contributed by atoms with Crippen molar-refractivity contribution >= 4 is 34.8 Å². The second-order valence-corrected chi connectivity index (χ2v) is 11.5. The molecule has 2 saturated heterocycles. The van der Waals surface area contributed by atoms with Gasteiger partial charge in [-0.3, -0.25) is 4.79 Å². The molecule has 3 aliphatic heterocycles. The Kier molecular flexibility index (Phi) is 7.93. The topological polar surface area (TPSA) is 66.2 Å². The number of carbonyl (C=O) groups excluding carboxylic acids is 1. The van der Waals surface area contributed by atoms with Gasteiger partial charge in [-0.25, -0.2) is 4.98 Å². The van der Waals surface area contributed by atoms with Gasteiger partial charge in [0.1, 0.15) is 11.6 Å². The predicted molar refractivity (Wildman–Crippen MR) is 155 cm³/mol. The average molecular weight is 551 g/mol. The lowest BCUT2D eigenvalue weighted by molar-refractivity contribution is 0.0604. The lowest BCUT2D eigenvalue weighted by Crippen LogP contribution is -2.39. The minimum absolute atomic E-state index is 0.0665. The summed E-state index contributed by atoms with van der Waals surface area (Å²) in [4.78, 5) is 26.0. The summed E-state index contributed by atoms with van der Waals surface area (Å²) in [7, 11) is 1.76. The van der Waals surface area contributed by atoms with Crippen molar-refractivity contribution in [3.05, 3.63) is 52.2 Å². The molecule has 8 nitrogen and oxygen atoms in total. The number of amides is 1. The van der Waals surface area contributed by atoms with Crippen LogP contribution >= 0.6 is 11.6 Å². The van der Waals surface area contributed by atoms with Gasteiger partial charge in [-0.2, -0.15) is 9.61 Å². The number of piperidine rings is 1. The number of halogens is 1. The molecule has 208 valence electrons. The third-order valence-corrected chi connectivity index (χ3v) is 8.75. The van der Waals surface area contributed by atoms with Crippen LogP contribution in [0.1, 0.15) is 79.0 Å². The quantitative estimate of drug-likeness (QED) is 0.425. The minimum Gasteiger partial charge on any atom is -0.383 e. The van der Waals surface area contributed by atoms with Crippen LogP contribution in [0.25, 0.3) is 5.65 Å². The van der Waals surface area contributed by atoms with Crippen molar-refractivity contribution in [3.8, 4) is 0 Å². The normalized spacial score (nSPS) is 20.7. The Bertz CT molecular complexity index is 1320. The number of aryl methyl sites for hydroxylation is 1. The lowest BCUT2D eigenvalue weighted by Gasteiger charge is -2.35. The van der Waals surface area contributed by atoms with Crippen molar-refractivity contribution in [2.45, 2.75) is 63.8 Å². The molecule has 0 spiro atoms. The summed E-state index contributed by atoms with van der Waals surface area (Å²) in [6, 6.07) is 10.1. The fraction of sp³-hybridized carbons (Fsp3) is 0.567. The van der Waals surface area contributed by atoms with Gasteiger partial charge in [0.15, 0.2) is 5.65 Å². The number of nitrogens with zero attached hydrogens (tertiary/aromatic N) is 6. The lowest BCUT2D eigenvalue weighted by atomic mass is 9.95. The Labute approximate surface area is 235 Å². The van der Waals surface area contributed by atoms with Gasteiger partial charge in [-0.15, -0.1) is 0 Å². The summed E-state index contributed by atoms with van der Waals surface area (Å²) in [5.41, 5.74) is 3.60. The summed E-state index contributed by atoms with van der Waals surface area (Å²) < 4.78 is 7.52. The number of aromatic nitrogens is 3. The third-order valence-electron chi connectivity index (χ3n) is 8.51. The molecule has 6 rings (SSSR count). The van der Waals surface area contributed by atoms with Crippen molar-refractivity contribution in [3.63, 3.8) is 0 Å². The number of hydrogen-bond donors (Lipinski definition) is 0. The molecule has 3 aliphatic rings. The van der Waals surface area contributed by atoms with Crippen LogP contribution in [-0.2, 0) is 11.2 Å². The molecule has 0 radical (unpaired) electrons. The molecule has 1 atom stereocenters. The maximum atomic E-state index is 14.1. The fourth-order valence-corrected chi connectivity index (χ4v) is 6.57. The molecule has 9 heteroatoms. The van der Waals surface area contributed by atoms with Gasteiger partial charge in [0.05, 0.1) is 18.3 Å². The highest BCUT2D eigenvalue weighted by Gasteiger charge is 2.32. The summed E-state index contributed by atoms with van der Waals surface area (Å²) in [6.07, 6.45) is 9.39. The first-order valence-corrected chi connectivity index (χ1v) is 15.0. The summed E-state index contributed by atoms with van der Waals surface area (Å²) in [5, 5.41) is 5.77. The highest BCUT2D eigenvalue weighted by atomic mass is 35.5. The van der Waals surface area contributed by atoms with Crippen molar-refractivity contribution in [1.82, 2.24) is 19.5 Å². The zero-order chi connectivity index (χ0) is 26.8. The van der Waals surface area contributed by atoms with Crippen LogP contribution in [0.2, 0.25) is 5.02 Å². The zero-order valence-electron chi connectivity index (χ0n) is 22.9. The third kappa shape index (κ3) is 5.46. The van der Waals surface area contributed by atoms with Crippen molar-refractivity contribution < 1.29 is 9.53 Å². The second-order valence-electron chi connectivity index (χ2n) is 11.1. The van der Waals surface area contributed by atoms with E-state index in [2.05, 4.69) is 21.9 Å². The van der Waals surface area contributed by atoms with Crippen LogP contribution in [0, 0.1) is 0 Å². The van der Waals surface area contributed by atoms with E-state index < -0.39 is 0 Å². The van der Waals surface area contributed by atoms with Gasteiger partial charge < -0.3 is 19.4 Å². The van der Waals surface area contributed by atoms with E-state index >= 15 is 0 Å². The van der Waals surface area contributed by atoms with E-state index in [1.165, 1.54) is 12.8 Å². The molecule has 2 bridgehead atoms. The van der Waals surface area contributed by atoms with E-state index in [0.717, 1.165) is 112 Å². The number of ether oxygens (including phenoxy) is 1. The Hall–Kier alpha value is -2.84. The van der Waals surface area contributed by atoms with Crippen LogP contribution in [0.4, 0.5) is 11.6 Å². The fourth-order valence-electron chi connectivity index (χ4n) is 6.40. The van der Waals surface area contributed by atoms with E-state index in [1.807, 2.05) is 27.6 Å². The molecule has 1 aromatic carbocycles. The van der Waals surface area contributed by atoms with Crippen LogP contribution in [0.3, 0.4) is 0 Å². The molecule has 0 N–H and O–H groups in total. The first-order chi connectivity index (χ1) is 19.1. The molecule has 2 fully saturated rings. The molecule has 1 amide bonds. The summed E-state index contributed by atoms with van der Waals surface area (Å²) in [5.74, 6) is 2.14. The highest BCUT2D eigenvalue weighted by molar-refractivity contribution is 6.31. The molecular weight excluding hydrogens is 512 g/mol. The molecule has 5 heterocycles. The van der Waals surface area contributed by atoms with Gasteiger partial charge in [-0.1, -0.05) is 24.1 Å². The van der Waals surface area contributed by atoms with Gasteiger partial charge in [0.25, 0.3) is 5.91 Å². The van der Waals surface area contributed by atoms with Gasteiger partial charge in [0, 0.05) is 62.6 Å². The zero-order valence-corrected chi connectivity index (χ0v) is 23.7. The maximum absolute atomic E-state index is 14.1. The van der Waals surface area contributed by atoms with E-state index in [-0.39, 0.29) is 11.9 Å². The van der Waals surface area contributed by atoms with Gasteiger partial charge in [0.2, 0.25) is 0 Å². The van der Waals surface area contributed by atoms with E-state index in [4.69, 9.17) is 26.4 Å². The van der Waals surface area contributed by atoms with E-state index in [0.29, 0.717) is 11.6 Å². The van der Waals surface area contributed by atoms with Gasteiger partial charge in [-0.05, 0) is 69.1 Å². The first kappa shape index (κ1) is 26.4. The maximum Gasteiger partial charge on any atom is 0.254 e. The van der Waals surface area contributed by atoms with E-state index in [9.17, 15) is 4.79 Å². The number of carbonyl (C=O) groups is 1. The number of hydrogen-bond acceptors (Lipinski definition) is 6. The number of benzene rings is 1. The average Bonchev–Trinajstić information content (AvgIpc) is 3.64. The molecule has 0 aliphatic carbocycles. The Morgan fingerprint density at radius 1 is 0.974 bits per heavy atom. The number of anilines is 2. The number of methoxy groups -OCH3 is 1. The summed E-state index contributed by atoms with van der Waals surface area (Å²) in [6.45, 7) is 5.15. The molecule has 39 heavy (non-hydrogen) atoms. The van der Waals surface area contributed by atoms with Crippen LogP contribution in [0.15, 0.2) is 30.3 Å². The largest absolute Gasteiger partial charge is 0.383 e. The first-order valence-electron chi connectivity index (χ1n) is 14.6. The molecule has 1 unspecified atom stereocenters. The molecule has 2 aromatic heterocycles. The molecular formula is C30H39ClN6O2. The SMILES string of the molecule is COCCN1CCCCCc2ccc(Cl)cc2C(=O)N2CCCCC2c2cc3nc(N4CCCC4)cc1n3n2. The predicted octanol–water partition coefficient (Wildman–Crippen LogP) is 5.53. The smallest absolute Gasteiger partial charge is 0.254 e. The number of fused-ring (bicyclic) bond motifs is 4. The number of rotatable bonds is 4.